The molecule has 0 aliphatic carbocycles. The van der Waals surface area contributed by atoms with Gasteiger partial charge in [-0.05, 0) is 57.4 Å². The molecule has 1 aromatic heterocycles. The molecule has 0 fully saturated rings. The van der Waals surface area contributed by atoms with E-state index in [9.17, 15) is 4.79 Å². The quantitative estimate of drug-likeness (QED) is 0.667. The van der Waals surface area contributed by atoms with Gasteiger partial charge in [0.05, 0.1) is 5.69 Å². The second kappa shape index (κ2) is 6.81. The minimum Gasteiger partial charge on any atom is -0.298 e. The molecule has 2 aromatic carbocycles. The number of anilines is 1. The van der Waals surface area contributed by atoms with Gasteiger partial charge >= 0.3 is 0 Å². The lowest BCUT2D eigenvalue weighted by Gasteiger charge is -2.09. The number of hydrogen-bond acceptors (Lipinski definition) is 3. The molecule has 1 heterocycles. The first-order valence-electron chi connectivity index (χ1n) is 8.27. The fourth-order valence-electron chi connectivity index (χ4n) is 3.26. The van der Waals surface area contributed by atoms with Crippen LogP contribution in [0.1, 0.15) is 38.2 Å². The molecule has 0 spiro atoms. The van der Waals surface area contributed by atoms with Crippen LogP contribution in [-0.4, -0.2) is 10.9 Å². The number of rotatable bonds is 3. The predicted octanol–water partition coefficient (Wildman–Crippen LogP) is 5.60. The van der Waals surface area contributed by atoms with Crippen LogP contribution in [0.25, 0.3) is 11.3 Å². The third-order valence-corrected chi connectivity index (χ3v) is 5.04. The van der Waals surface area contributed by atoms with E-state index >= 15 is 0 Å². The topological polar surface area (TPSA) is 42.0 Å². The van der Waals surface area contributed by atoms with Gasteiger partial charge in [-0.1, -0.05) is 35.4 Å². The van der Waals surface area contributed by atoms with Gasteiger partial charge in [-0.15, -0.1) is 11.3 Å². The minimum atomic E-state index is -0.115. The van der Waals surface area contributed by atoms with Gasteiger partial charge in [0.1, 0.15) is 0 Å². The second-order valence-corrected chi connectivity index (χ2v) is 7.44. The molecule has 3 nitrogen and oxygen atoms in total. The van der Waals surface area contributed by atoms with E-state index in [1.54, 1.807) is 0 Å². The number of aryl methyl sites for hydroxylation is 5. The molecule has 3 rings (SSSR count). The monoisotopic (exact) mass is 350 g/mol. The van der Waals surface area contributed by atoms with Gasteiger partial charge in [0.2, 0.25) is 0 Å². The van der Waals surface area contributed by atoms with Crippen molar-refractivity contribution >= 4 is 22.4 Å². The summed E-state index contributed by atoms with van der Waals surface area (Å²) in [6.45, 7) is 10.3. The van der Waals surface area contributed by atoms with E-state index in [1.807, 2.05) is 37.4 Å². The number of thiazole rings is 1. The molecule has 0 saturated carbocycles. The van der Waals surface area contributed by atoms with Gasteiger partial charge in [-0.3, -0.25) is 10.1 Å². The van der Waals surface area contributed by atoms with Crippen LogP contribution in [-0.2, 0) is 0 Å². The summed E-state index contributed by atoms with van der Waals surface area (Å²) in [5.74, 6) is -0.115. The van der Waals surface area contributed by atoms with Crippen LogP contribution < -0.4 is 5.32 Å². The van der Waals surface area contributed by atoms with Crippen molar-refractivity contribution in [3.05, 3.63) is 69.1 Å². The number of carbonyl (C=O) groups is 1. The van der Waals surface area contributed by atoms with Gasteiger partial charge < -0.3 is 0 Å². The summed E-state index contributed by atoms with van der Waals surface area (Å²) in [6.07, 6.45) is 0. The fraction of sp³-hybridized carbons (Fsp3) is 0.238. The van der Waals surface area contributed by atoms with E-state index in [1.165, 1.54) is 28.0 Å². The van der Waals surface area contributed by atoms with Crippen molar-refractivity contribution in [2.24, 2.45) is 0 Å². The number of nitrogens with one attached hydrogen (secondary N) is 1. The van der Waals surface area contributed by atoms with Crippen molar-refractivity contribution in [2.45, 2.75) is 34.6 Å². The number of benzene rings is 2. The van der Waals surface area contributed by atoms with Crippen LogP contribution in [0.3, 0.4) is 0 Å². The summed E-state index contributed by atoms with van der Waals surface area (Å²) in [7, 11) is 0. The highest BCUT2D eigenvalue weighted by atomic mass is 32.1. The SMILES string of the molecule is Cc1ccc(C(=O)Nc2nc(-c3c(C)cc(C)cc3C)cs2)c(C)c1. The summed E-state index contributed by atoms with van der Waals surface area (Å²) in [5.41, 5.74) is 8.52. The first-order chi connectivity index (χ1) is 11.8. The molecule has 4 heteroatoms. The first kappa shape index (κ1) is 17.4. The van der Waals surface area contributed by atoms with Crippen LogP contribution in [0.4, 0.5) is 5.13 Å². The molecular formula is C21H22N2OS. The Morgan fingerprint density at radius 1 is 0.920 bits per heavy atom. The molecule has 3 aromatic rings. The smallest absolute Gasteiger partial charge is 0.257 e. The molecule has 25 heavy (non-hydrogen) atoms. The van der Waals surface area contributed by atoms with Crippen LogP contribution in [0.2, 0.25) is 0 Å². The standard InChI is InChI=1S/C21H22N2OS/c1-12-6-7-17(14(3)8-12)20(24)23-21-22-18(11-25-21)19-15(4)9-13(2)10-16(19)5/h6-11H,1-5H3,(H,22,23,24). The molecule has 128 valence electrons. The first-order valence-corrected chi connectivity index (χ1v) is 9.15. The van der Waals surface area contributed by atoms with Crippen LogP contribution in [0.5, 0.6) is 0 Å². The Labute approximate surface area is 152 Å². The van der Waals surface area contributed by atoms with E-state index < -0.39 is 0 Å². The molecule has 1 N–H and O–H groups in total. The van der Waals surface area contributed by atoms with E-state index in [-0.39, 0.29) is 5.91 Å². The summed E-state index contributed by atoms with van der Waals surface area (Å²) >= 11 is 1.45. The van der Waals surface area contributed by atoms with E-state index in [4.69, 9.17) is 0 Å². The van der Waals surface area contributed by atoms with E-state index in [0.717, 1.165) is 22.4 Å². The maximum absolute atomic E-state index is 12.5. The molecule has 0 radical (unpaired) electrons. The zero-order valence-electron chi connectivity index (χ0n) is 15.2. The number of carbonyl (C=O) groups excluding carboxylic acids is 1. The molecule has 0 atom stereocenters. The number of amides is 1. The van der Waals surface area contributed by atoms with Crippen molar-refractivity contribution in [1.82, 2.24) is 4.98 Å². The largest absolute Gasteiger partial charge is 0.298 e. The summed E-state index contributed by atoms with van der Waals surface area (Å²) in [5, 5.41) is 5.55. The Morgan fingerprint density at radius 3 is 2.20 bits per heavy atom. The number of nitrogens with zero attached hydrogens (tertiary/aromatic N) is 1. The third-order valence-electron chi connectivity index (χ3n) is 4.28. The Hall–Kier alpha value is -2.46. The highest BCUT2D eigenvalue weighted by Gasteiger charge is 2.14. The van der Waals surface area contributed by atoms with Crippen LogP contribution in [0, 0.1) is 34.6 Å². The lowest BCUT2D eigenvalue weighted by molar-refractivity contribution is 0.102. The number of aromatic nitrogens is 1. The minimum absolute atomic E-state index is 0.115. The lowest BCUT2D eigenvalue weighted by Crippen LogP contribution is -2.13. The molecule has 0 unspecified atom stereocenters. The van der Waals surface area contributed by atoms with Crippen molar-refractivity contribution in [3.8, 4) is 11.3 Å². The highest BCUT2D eigenvalue weighted by molar-refractivity contribution is 7.14. The van der Waals surface area contributed by atoms with Crippen molar-refractivity contribution in [2.75, 3.05) is 5.32 Å². The van der Waals surface area contributed by atoms with Gasteiger partial charge in [0.15, 0.2) is 5.13 Å². The Bertz CT molecular complexity index is 933. The Morgan fingerprint density at radius 2 is 1.56 bits per heavy atom. The van der Waals surface area contributed by atoms with Crippen molar-refractivity contribution in [3.63, 3.8) is 0 Å². The van der Waals surface area contributed by atoms with E-state index in [0.29, 0.717) is 10.7 Å². The van der Waals surface area contributed by atoms with Gasteiger partial charge in [0.25, 0.3) is 5.91 Å². The average molecular weight is 350 g/mol. The maximum atomic E-state index is 12.5. The predicted molar refractivity (Wildman–Crippen MR) is 106 cm³/mol. The number of hydrogen-bond donors (Lipinski definition) is 1. The Balaban J connectivity index is 1.86. The third kappa shape index (κ3) is 3.64. The maximum Gasteiger partial charge on any atom is 0.257 e. The van der Waals surface area contributed by atoms with Crippen molar-refractivity contribution < 1.29 is 4.79 Å². The normalized spacial score (nSPS) is 10.8. The zero-order valence-corrected chi connectivity index (χ0v) is 16.0. The summed E-state index contributed by atoms with van der Waals surface area (Å²) in [4.78, 5) is 17.2. The fourth-order valence-corrected chi connectivity index (χ4v) is 3.96. The Kier molecular flexibility index (Phi) is 4.73. The second-order valence-electron chi connectivity index (χ2n) is 6.58. The van der Waals surface area contributed by atoms with Gasteiger partial charge in [-0.2, -0.15) is 0 Å². The molecule has 1 amide bonds. The highest BCUT2D eigenvalue weighted by Crippen LogP contribution is 2.31. The molecular weight excluding hydrogens is 328 g/mol. The van der Waals surface area contributed by atoms with Crippen LogP contribution in [0.15, 0.2) is 35.7 Å². The molecule has 0 aliphatic heterocycles. The zero-order chi connectivity index (χ0) is 18.1. The van der Waals surface area contributed by atoms with E-state index in [2.05, 4.69) is 43.2 Å². The molecule has 0 saturated heterocycles. The van der Waals surface area contributed by atoms with Crippen molar-refractivity contribution in [1.29, 1.82) is 0 Å². The summed E-state index contributed by atoms with van der Waals surface area (Å²) in [6, 6.07) is 10.2. The lowest BCUT2D eigenvalue weighted by atomic mass is 9.98. The van der Waals surface area contributed by atoms with Gasteiger partial charge in [0, 0.05) is 16.5 Å². The van der Waals surface area contributed by atoms with Gasteiger partial charge in [-0.25, -0.2) is 4.98 Å². The molecule has 0 aliphatic rings. The average Bonchev–Trinajstić information content (AvgIpc) is 2.94. The summed E-state index contributed by atoms with van der Waals surface area (Å²) < 4.78 is 0. The molecule has 0 bridgehead atoms. The van der Waals surface area contributed by atoms with Crippen LogP contribution >= 0.6 is 11.3 Å².